The fraction of sp³-hybridized carbons (Fsp3) is 0.440. The maximum atomic E-state index is 13.3. The van der Waals surface area contributed by atoms with Crippen LogP contribution in [0, 0.1) is 18.8 Å². The predicted molar refractivity (Wildman–Crippen MR) is 116 cm³/mol. The first-order valence-electron chi connectivity index (χ1n) is 10.9. The summed E-state index contributed by atoms with van der Waals surface area (Å²) in [4.78, 5) is 0.424. The summed E-state index contributed by atoms with van der Waals surface area (Å²) in [6.45, 7) is 3.26. The number of nitrogens with zero attached hydrogens (tertiary/aromatic N) is 1. The number of aryl methyl sites for hydroxylation is 1. The molecule has 2 saturated carbocycles. The monoisotopic (exact) mass is 407 g/mol. The molecule has 0 radical (unpaired) electrons. The first kappa shape index (κ1) is 19.1. The fourth-order valence-electron chi connectivity index (χ4n) is 5.69. The van der Waals surface area contributed by atoms with Gasteiger partial charge < -0.3 is 0 Å². The van der Waals surface area contributed by atoms with Crippen LogP contribution in [0.15, 0.2) is 70.6 Å². The zero-order valence-electron chi connectivity index (χ0n) is 17.0. The Balaban J connectivity index is 1.48. The van der Waals surface area contributed by atoms with E-state index in [2.05, 4.69) is 30.3 Å². The maximum Gasteiger partial charge on any atom is 0.243 e. The summed E-state index contributed by atoms with van der Waals surface area (Å²) in [5, 5.41) is 0. The standard InChI is InChI=1S/C25H29NO2S/c1-18-12-14-21(15-13-18)29(27,28)26-16-22-23(17-26)25(20-10-6-3-7-11-20)24(22)19-8-4-2-5-9-19/h2,4-5,8-9,12-15,22-24H,3,6-7,10-11,16-17H2,1H3/t22-,23+,24+/m1/s1. The topological polar surface area (TPSA) is 37.4 Å². The highest BCUT2D eigenvalue weighted by atomic mass is 32.2. The summed E-state index contributed by atoms with van der Waals surface area (Å²) in [5.74, 6) is 1.20. The van der Waals surface area contributed by atoms with Crippen molar-refractivity contribution in [1.82, 2.24) is 4.31 Å². The zero-order chi connectivity index (χ0) is 20.0. The van der Waals surface area contributed by atoms with Crippen LogP contribution >= 0.6 is 0 Å². The third-order valence-electron chi connectivity index (χ3n) is 7.18. The van der Waals surface area contributed by atoms with Crippen LogP contribution in [-0.2, 0) is 10.0 Å². The second-order valence-corrected chi connectivity index (χ2v) is 10.9. The van der Waals surface area contributed by atoms with Crippen LogP contribution < -0.4 is 0 Å². The van der Waals surface area contributed by atoms with E-state index in [1.807, 2.05) is 19.1 Å². The Bertz CT molecular complexity index is 1020. The Labute approximate surface area is 174 Å². The molecule has 0 N–H and O–H groups in total. The van der Waals surface area contributed by atoms with Crippen molar-refractivity contribution in [1.29, 1.82) is 0 Å². The number of fused-ring (bicyclic) bond motifs is 1. The Morgan fingerprint density at radius 1 is 0.862 bits per heavy atom. The van der Waals surface area contributed by atoms with Gasteiger partial charge in [-0.2, -0.15) is 4.31 Å². The Morgan fingerprint density at radius 2 is 1.55 bits per heavy atom. The van der Waals surface area contributed by atoms with Crippen LogP contribution in [0.3, 0.4) is 0 Å². The fourth-order valence-corrected chi connectivity index (χ4v) is 7.20. The van der Waals surface area contributed by atoms with E-state index in [0.717, 1.165) is 5.56 Å². The second-order valence-electron chi connectivity index (χ2n) is 8.91. The quantitative estimate of drug-likeness (QED) is 0.648. The molecule has 2 aliphatic carbocycles. The van der Waals surface area contributed by atoms with Gasteiger partial charge in [0.25, 0.3) is 0 Å². The number of allylic oxidation sites excluding steroid dienone is 1. The molecular formula is C25H29NO2S. The van der Waals surface area contributed by atoms with Gasteiger partial charge in [0.2, 0.25) is 10.0 Å². The van der Waals surface area contributed by atoms with Crippen molar-refractivity contribution in [2.75, 3.05) is 13.1 Å². The van der Waals surface area contributed by atoms with E-state index in [-0.39, 0.29) is 0 Å². The summed E-state index contributed by atoms with van der Waals surface area (Å²) in [6, 6.07) is 18.0. The SMILES string of the molecule is Cc1ccc(S(=O)(=O)N2C[C@@H]3[C@H](C2)C(=C2CCCCC2)[C@H]3c2ccccc2)cc1. The van der Waals surface area contributed by atoms with Crippen molar-refractivity contribution in [3.05, 3.63) is 76.9 Å². The number of hydrogen-bond donors (Lipinski definition) is 0. The van der Waals surface area contributed by atoms with E-state index in [0.29, 0.717) is 35.7 Å². The van der Waals surface area contributed by atoms with Crippen LogP contribution in [0.2, 0.25) is 0 Å². The lowest BCUT2D eigenvalue weighted by Crippen LogP contribution is -2.38. The molecule has 0 amide bonds. The molecular weight excluding hydrogens is 378 g/mol. The van der Waals surface area contributed by atoms with Gasteiger partial charge in [-0.15, -0.1) is 0 Å². The molecule has 0 unspecified atom stereocenters. The minimum atomic E-state index is -3.43. The van der Waals surface area contributed by atoms with Gasteiger partial charge in [0.15, 0.2) is 0 Å². The molecule has 3 aliphatic rings. The van der Waals surface area contributed by atoms with E-state index < -0.39 is 10.0 Å². The lowest BCUT2D eigenvalue weighted by molar-refractivity contribution is 0.290. The van der Waals surface area contributed by atoms with Crippen molar-refractivity contribution in [3.63, 3.8) is 0 Å². The van der Waals surface area contributed by atoms with Crippen molar-refractivity contribution in [3.8, 4) is 0 Å². The average Bonchev–Trinajstić information content (AvgIpc) is 3.10. The van der Waals surface area contributed by atoms with Crippen molar-refractivity contribution < 1.29 is 8.42 Å². The molecule has 5 rings (SSSR count). The molecule has 1 heterocycles. The molecule has 3 atom stereocenters. The van der Waals surface area contributed by atoms with E-state index in [1.54, 1.807) is 27.6 Å². The molecule has 2 aromatic rings. The molecule has 152 valence electrons. The van der Waals surface area contributed by atoms with Crippen molar-refractivity contribution in [2.45, 2.75) is 49.8 Å². The van der Waals surface area contributed by atoms with Crippen molar-refractivity contribution >= 4 is 10.0 Å². The first-order chi connectivity index (χ1) is 14.1. The van der Waals surface area contributed by atoms with Crippen LogP contribution in [0.25, 0.3) is 0 Å². The summed E-state index contributed by atoms with van der Waals surface area (Å²) >= 11 is 0. The van der Waals surface area contributed by atoms with Gasteiger partial charge in [-0.1, -0.05) is 65.6 Å². The van der Waals surface area contributed by atoms with Gasteiger partial charge in [-0.05, 0) is 62.1 Å². The summed E-state index contributed by atoms with van der Waals surface area (Å²) in [5.41, 5.74) is 5.64. The largest absolute Gasteiger partial charge is 0.243 e. The van der Waals surface area contributed by atoms with E-state index in [9.17, 15) is 8.42 Å². The van der Waals surface area contributed by atoms with E-state index in [4.69, 9.17) is 0 Å². The lowest BCUT2D eigenvalue weighted by atomic mass is 9.57. The van der Waals surface area contributed by atoms with Crippen LogP contribution in [0.4, 0.5) is 0 Å². The lowest BCUT2D eigenvalue weighted by Gasteiger charge is -2.46. The Kier molecular flexibility index (Phi) is 4.87. The maximum absolute atomic E-state index is 13.3. The normalized spacial score (nSPS) is 27.6. The molecule has 1 aliphatic heterocycles. The van der Waals surface area contributed by atoms with Gasteiger partial charge in [-0.25, -0.2) is 8.42 Å². The first-order valence-corrected chi connectivity index (χ1v) is 12.3. The number of rotatable bonds is 3. The third kappa shape index (κ3) is 3.27. The molecule has 3 nitrogen and oxygen atoms in total. The highest BCUT2D eigenvalue weighted by Crippen LogP contribution is 2.58. The number of hydrogen-bond acceptors (Lipinski definition) is 2. The minimum absolute atomic E-state index is 0.396. The van der Waals surface area contributed by atoms with Gasteiger partial charge in [0.05, 0.1) is 4.90 Å². The summed E-state index contributed by atoms with van der Waals surface area (Å²) in [6.07, 6.45) is 6.29. The van der Waals surface area contributed by atoms with E-state index >= 15 is 0 Å². The smallest absolute Gasteiger partial charge is 0.207 e. The Hall–Kier alpha value is -1.91. The zero-order valence-corrected chi connectivity index (χ0v) is 17.9. The Morgan fingerprint density at radius 3 is 2.24 bits per heavy atom. The molecule has 0 spiro atoms. The molecule has 0 bridgehead atoms. The molecule has 29 heavy (non-hydrogen) atoms. The minimum Gasteiger partial charge on any atom is -0.207 e. The van der Waals surface area contributed by atoms with Crippen LogP contribution in [-0.4, -0.2) is 25.8 Å². The number of sulfonamides is 1. The van der Waals surface area contributed by atoms with E-state index in [1.165, 1.54) is 37.7 Å². The van der Waals surface area contributed by atoms with Crippen LogP contribution in [0.5, 0.6) is 0 Å². The molecule has 0 aromatic heterocycles. The highest BCUT2D eigenvalue weighted by Gasteiger charge is 2.54. The molecule has 2 aromatic carbocycles. The highest BCUT2D eigenvalue weighted by molar-refractivity contribution is 7.89. The van der Waals surface area contributed by atoms with Gasteiger partial charge in [0.1, 0.15) is 0 Å². The van der Waals surface area contributed by atoms with Gasteiger partial charge in [0, 0.05) is 19.0 Å². The molecule has 3 fully saturated rings. The average molecular weight is 408 g/mol. The van der Waals surface area contributed by atoms with Crippen LogP contribution in [0.1, 0.15) is 49.1 Å². The summed E-state index contributed by atoms with van der Waals surface area (Å²) < 4.78 is 28.4. The molecule has 1 saturated heterocycles. The second kappa shape index (κ2) is 7.41. The summed E-state index contributed by atoms with van der Waals surface area (Å²) in [7, 11) is -3.43. The van der Waals surface area contributed by atoms with Crippen molar-refractivity contribution in [2.24, 2.45) is 11.8 Å². The molecule has 4 heteroatoms. The predicted octanol–water partition coefficient (Wildman–Crippen LogP) is 5.29. The third-order valence-corrected chi connectivity index (χ3v) is 9.02. The number of benzene rings is 2. The van der Waals surface area contributed by atoms with Gasteiger partial charge >= 0.3 is 0 Å². The van der Waals surface area contributed by atoms with Gasteiger partial charge in [-0.3, -0.25) is 0 Å².